The molecule has 96 valence electrons. The van der Waals surface area contributed by atoms with E-state index in [1.165, 1.54) is 11.9 Å². The largest absolute Gasteiger partial charge is 0.368 e. The number of rotatable bonds is 7. The second-order valence-corrected chi connectivity index (χ2v) is 4.32. The van der Waals surface area contributed by atoms with Gasteiger partial charge in [-0.3, -0.25) is 9.59 Å². The van der Waals surface area contributed by atoms with Crippen molar-refractivity contribution in [1.29, 1.82) is 5.26 Å². The molecule has 5 heteroatoms. The van der Waals surface area contributed by atoms with Crippen molar-refractivity contribution in [2.24, 2.45) is 11.1 Å². The number of nitriles is 1. The molecule has 0 unspecified atom stereocenters. The predicted molar refractivity (Wildman–Crippen MR) is 64.7 cm³/mol. The topological polar surface area (TPSA) is 87.2 Å². The Bertz CT molecular complexity index is 314. The second-order valence-electron chi connectivity index (χ2n) is 4.32. The Morgan fingerprint density at radius 2 is 1.76 bits per heavy atom. The SMILES string of the molecule is CCCC(C#N)(CCC)C(=O)N(C)CC(N)=O. The van der Waals surface area contributed by atoms with E-state index in [9.17, 15) is 14.9 Å². The molecule has 0 aromatic rings. The minimum atomic E-state index is -1.01. The van der Waals surface area contributed by atoms with E-state index in [1.807, 2.05) is 13.8 Å². The van der Waals surface area contributed by atoms with E-state index in [0.29, 0.717) is 12.8 Å². The lowest BCUT2D eigenvalue weighted by Crippen LogP contribution is -2.44. The fourth-order valence-electron chi connectivity index (χ4n) is 2.02. The molecule has 0 aliphatic rings. The lowest BCUT2D eigenvalue weighted by atomic mass is 9.79. The highest BCUT2D eigenvalue weighted by Gasteiger charge is 2.39. The quantitative estimate of drug-likeness (QED) is 0.720. The third kappa shape index (κ3) is 4.06. The number of carbonyl (C=O) groups excluding carboxylic acids is 2. The van der Waals surface area contributed by atoms with Crippen LogP contribution in [0.3, 0.4) is 0 Å². The molecule has 2 N–H and O–H groups in total. The number of primary amides is 1. The second kappa shape index (κ2) is 6.89. The first kappa shape index (κ1) is 15.4. The zero-order chi connectivity index (χ0) is 13.5. The zero-order valence-corrected chi connectivity index (χ0v) is 10.8. The van der Waals surface area contributed by atoms with Crippen LogP contribution in [0.15, 0.2) is 0 Å². The zero-order valence-electron chi connectivity index (χ0n) is 10.8. The molecule has 0 aliphatic heterocycles. The number of amides is 2. The van der Waals surface area contributed by atoms with Crippen molar-refractivity contribution in [1.82, 2.24) is 4.90 Å². The van der Waals surface area contributed by atoms with Crippen molar-refractivity contribution in [3.05, 3.63) is 0 Å². The minimum absolute atomic E-state index is 0.143. The van der Waals surface area contributed by atoms with E-state index in [1.54, 1.807) is 0 Å². The van der Waals surface area contributed by atoms with Crippen LogP contribution in [0, 0.1) is 16.7 Å². The van der Waals surface area contributed by atoms with Crippen LogP contribution in [0.4, 0.5) is 0 Å². The van der Waals surface area contributed by atoms with Crippen LogP contribution in [0.2, 0.25) is 0 Å². The summed E-state index contributed by atoms with van der Waals surface area (Å²) in [4.78, 5) is 24.2. The lowest BCUT2D eigenvalue weighted by molar-refractivity contribution is -0.141. The molecular weight excluding hydrogens is 218 g/mol. The van der Waals surface area contributed by atoms with E-state index in [4.69, 9.17) is 5.73 Å². The predicted octanol–water partition coefficient (Wildman–Crippen LogP) is 1.04. The monoisotopic (exact) mass is 239 g/mol. The molecule has 0 bridgehead atoms. The van der Waals surface area contributed by atoms with Gasteiger partial charge in [-0.25, -0.2) is 0 Å². The molecule has 0 saturated carbocycles. The van der Waals surface area contributed by atoms with Gasteiger partial charge in [0.05, 0.1) is 12.6 Å². The van der Waals surface area contributed by atoms with Gasteiger partial charge >= 0.3 is 0 Å². The molecule has 17 heavy (non-hydrogen) atoms. The average Bonchev–Trinajstić information content (AvgIpc) is 2.26. The molecule has 2 amide bonds. The van der Waals surface area contributed by atoms with Crippen molar-refractivity contribution >= 4 is 11.8 Å². The Morgan fingerprint density at radius 3 is 2.06 bits per heavy atom. The summed E-state index contributed by atoms with van der Waals surface area (Å²) in [7, 11) is 1.50. The fourth-order valence-corrected chi connectivity index (χ4v) is 2.02. The molecule has 0 aliphatic carbocycles. The van der Waals surface area contributed by atoms with Gasteiger partial charge in [-0.2, -0.15) is 5.26 Å². The Balaban J connectivity index is 4.97. The van der Waals surface area contributed by atoms with E-state index in [2.05, 4.69) is 6.07 Å². The van der Waals surface area contributed by atoms with Crippen molar-refractivity contribution < 1.29 is 9.59 Å². The molecular formula is C12H21N3O2. The Hall–Kier alpha value is -1.57. The maximum Gasteiger partial charge on any atom is 0.243 e. The van der Waals surface area contributed by atoms with Crippen molar-refractivity contribution in [2.75, 3.05) is 13.6 Å². The van der Waals surface area contributed by atoms with E-state index < -0.39 is 11.3 Å². The van der Waals surface area contributed by atoms with Gasteiger partial charge in [0, 0.05) is 7.05 Å². The molecule has 0 fully saturated rings. The van der Waals surface area contributed by atoms with Crippen LogP contribution in [0.1, 0.15) is 39.5 Å². The van der Waals surface area contributed by atoms with Gasteiger partial charge in [-0.1, -0.05) is 26.7 Å². The summed E-state index contributed by atoms with van der Waals surface area (Å²) in [6.07, 6.45) is 2.53. The number of hydrogen-bond acceptors (Lipinski definition) is 3. The van der Waals surface area contributed by atoms with Gasteiger partial charge in [0.15, 0.2) is 0 Å². The molecule has 0 saturated heterocycles. The molecule has 0 atom stereocenters. The summed E-state index contributed by atoms with van der Waals surface area (Å²) < 4.78 is 0. The number of carbonyl (C=O) groups is 2. The first-order chi connectivity index (χ1) is 7.93. The van der Waals surface area contributed by atoms with Crippen LogP contribution >= 0.6 is 0 Å². The molecule has 0 aromatic heterocycles. The smallest absolute Gasteiger partial charge is 0.243 e. The fraction of sp³-hybridized carbons (Fsp3) is 0.750. The van der Waals surface area contributed by atoms with Gasteiger partial charge < -0.3 is 10.6 Å². The summed E-state index contributed by atoms with van der Waals surface area (Å²) >= 11 is 0. The van der Waals surface area contributed by atoms with Crippen LogP contribution in [-0.4, -0.2) is 30.3 Å². The van der Waals surface area contributed by atoms with Crippen LogP contribution < -0.4 is 5.73 Å². The number of nitrogens with zero attached hydrogens (tertiary/aromatic N) is 2. The molecule has 5 nitrogen and oxygen atoms in total. The summed E-state index contributed by atoms with van der Waals surface area (Å²) in [5.41, 5.74) is 4.04. The summed E-state index contributed by atoms with van der Waals surface area (Å²) in [5.74, 6) is -0.872. The first-order valence-electron chi connectivity index (χ1n) is 5.88. The van der Waals surface area contributed by atoms with Crippen molar-refractivity contribution in [3.8, 4) is 6.07 Å². The molecule has 0 spiro atoms. The Morgan fingerprint density at radius 1 is 1.29 bits per heavy atom. The van der Waals surface area contributed by atoms with E-state index in [-0.39, 0.29) is 12.5 Å². The number of hydrogen-bond donors (Lipinski definition) is 1. The van der Waals surface area contributed by atoms with E-state index in [0.717, 1.165) is 12.8 Å². The Labute approximate surface area is 103 Å². The normalized spacial score (nSPS) is 10.7. The summed E-state index contributed by atoms with van der Waals surface area (Å²) in [6.45, 7) is 3.72. The summed E-state index contributed by atoms with van der Waals surface area (Å²) in [6, 6.07) is 2.13. The van der Waals surface area contributed by atoms with Gasteiger partial charge in [0.1, 0.15) is 5.41 Å². The highest BCUT2D eigenvalue weighted by atomic mass is 16.2. The molecule has 0 heterocycles. The minimum Gasteiger partial charge on any atom is -0.368 e. The highest BCUT2D eigenvalue weighted by molar-refractivity contribution is 5.89. The number of nitrogens with two attached hydrogens (primary N) is 1. The first-order valence-corrected chi connectivity index (χ1v) is 5.88. The molecule has 0 radical (unpaired) electrons. The van der Waals surface area contributed by atoms with E-state index >= 15 is 0 Å². The highest BCUT2D eigenvalue weighted by Crippen LogP contribution is 2.31. The van der Waals surface area contributed by atoms with Crippen LogP contribution in [0.5, 0.6) is 0 Å². The van der Waals surface area contributed by atoms with Gasteiger partial charge in [0.25, 0.3) is 0 Å². The van der Waals surface area contributed by atoms with Gasteiger partial charge in [-0.05, 0) is 12.8 Å². The van der Waals surface area contributed by atoms with Gasteiger partial charge in [-0.15, -0.1) is 0 Å². The maximum atomic E-state index is 12.2. The molecule has 0 aromatic carbocycles. The van der Waals surface area contributed by atoms with Gasteiger partial charge in [0.2, 0.25) is 11.8 Å². The maximum absolute atomic E-state index is 12.2. The van der Waals surface area contributed by atoms with Crippen molar-refractivity contribution in [2.45, 2.75) is 39.5 Å². The lowest BCUT2D eigenvalue weighted by Gasteiger charge is -2.29. The van der Waals surface area contributed by atoms with Crippen molar-refractivity contribution in [3.63, 3.8) is 0 Å². The molecule has 0 rings (SSSR count). The standard InChI is InChI=1S/C12H21N3O2/c1-4-6-12(9-13,7-5-2)11(17)15(3)8-10(14)16/h4-8H2,1-3H3,(H2,14,16). The third-order valence-electron chi connectivity index (χ3n) is 2.72. The summed E-state index contributed by atoms with van der Waals surface area (Å²) in [5, 5.41) is 9.28. The average molecular weight is 239 g/mol. The van der Waals surface area contributed by atoms with Crippen LogP contribution in [-0.2, 0) is 9.59 Å². The number of likely N-dealkylation sites (N-methyl/N-ethyl adjacent to an activating group) is 1. The third-order valence-corrected chi connectivity index (χ3v) is 2.72. The Kier molecular flexibility index (Phi) is 6.26. The van der Waals surface area contributed by atoms with Crippen LogP contribution in [0.25, 0.3) is 0 Å².